The number of carbonyl (C=O) groups is 2. The number of fused-ring (bicyclic) bond motifs is 1. The topological polar surface area (TPSA) is 80.8 Å². The third-order valence-corrected chi connectivity index (χ3v) is 8.21. The number of halogens is 1. The lowest BCUT2D eigenvalue weighted by molar-refractivity contribution is -0.123. The number of benzene rings is 4. The summed E-state index contributed by atoms with van der Waals surface area (Å²) in [5.41, 5.74) is 2.25. The molecule has 4 aromatic carbocycles. The highest BCUT2D eigenvalue weighted by molar-refractivity contribution is 8.18. The van der Waals surface area contributed by atoms with Crippen LogP contribution in [0.25, 0.3) is 16.8 Å². The standard InChI is InChI=1S/C28H20ClNO5S2/c1-18-5-4-6-19(15-18)17-30-27(31)26(36-28(30)32)16-24-23-8-3-2-7-20(23)9-14-25(24)35-37(33,34)22-12-10-21(29)11-13-22/h2-16H,17H2,1H3/b26-16-. The molecule has 1 aliphatic heterocycles. The Morgan fingerprint density at radius 2 is 1.70 bits per heavy atom. The van der Waals surface area contributed by atoms with E-state index < -0.39 is 21.3 Å². The minimum Gasteiger partial charge on any atom is -0.378 e. The van der Waals surface area contributed by atoms with Crippen LogP contribution < -0.4 is 4.18 Å². The maximum Gasteiger partial charge on any atom is 0.339 e. The van der Waals surface area contributed by atoms with Gasteiger partial charge >= 0.3 is 10.1 Å². The Labute approximate surface area is 223 Å². The molecule has 186 valence electrons. The summed E-state index contributed by atoms with van der Waals surface area (Å²) in [5, 5.41) is 1.50. The van der Waals surface area contributed by atoms with E-state index in [0.29, 0.717) is 16.0 Å². The highest BCUT2D eigenvalue weighted by atomic mass is 35.5. The summed E-state index contributed by atoms with van der Waals surface area (Å²) in [7, 11) is -4.19. The Balaban J connectivity index is 1.54. The van der Waals surface area contributed by atoms with Crippen molar-refractivity contribution in [1.29, 1.82) is 0 Å². The van der Waals surface area contributed by atoms with Crippen LogP contribution in [0.2, 0.25) is 5.02 Å². The summed E-state index contributed by atoms with van der Waals surface area (Å²) in [4.78, 5) is 27.3. The SMILES string of the molecule is Cc1cccc(CN2C(=O)S/C(=C\c3c(OS(=O)(=O)c4ccc(Cl)cc4)ccc4ccccc34)C2=O)c1. The van der Waals surface area contributed by atoms with E-state index >= 15 is 0 Å². The third-order valence-electron chi connectivity index (χ3n) is 5.80. The lowest BCUT2D eigenvalue weighted by Gasteiger charge is -2.14. The van der Waals surface area contributed by atoms with Crippen LogP contribution in [0.5, 0.6) is 5.75 Å². The van der Waals surface area contributed by atoms with Crippen molar-refractivity contribution in [3.05, 3.63) is 112 Å². The Morgan fingerprint density at radius 3 is 2.46 bits per heavy atom. The number of imide groups is 1. The molecule has 0 unspecified atom stereocenters. The van der Waals surface area contributed by atoms with Gasteiger partial charge in [-0.1, -0.05) is 71.8 Å². The molecule has 1 saturated heterocycles. The van der Waals surface area contributed by atoms with E-state index in [2.05, 4.69) is 0 Å². The molecule has 0 atom stereocenters. The average Bonchev–Trinajstić information content (AvgIpc) is 3.13. The molecule has 0 radical (unpaired) electrons. The van der Waals surface area contributed by atoms with Gasteiger partial charge in [-0.25, -0.2) is 0 Å². The Morgan fingerprint density at radius 1 is 0.946 bits per heavy atom. The second-order valence-corrected chi connectivity index (χ2v) is 11.4. The number of hydrogen-bond donors (Lipinski definition) is 0. The van der Waals surface area contributed by atoms with Crippen molar-refractivity contribution in [2.24, 2.45) is 0 Å². The first-order valence-electron chi connectivity index (χ1n) is 11.2. The summed E-state index contributed by atoms with van der Waals surface area (Å²) in [5.74, 6) is -0.407. The van der Waals surface area contributed by atoms with Crippen molar-refractivity contribution in [1.82, 2.24) is 4.90 Å². The third kappa shape index (κ3) is 5.27. The van der Waals surface area contributed by atoms with Gasteiger partial charge in [0.1, 0.15) is 4.90 Å². The van der Waals surface area contributed by atoms with E-state index in [1.165, 1.54) is 35.2 Å². The Hall–Kier alpha value is -3.59. The molecule has 0 aliphatic carbocycles. The second-order valence-electron chi connectivity index (χ2n) is 8.45. The summed E-state index contributed by atoms with van der Waals surface area (Å²) < 4.78 is 31.6. The van der Waals surface area contributed by atoms with Crippen molar-refractivity contribution in [2.45, 2.75) is 18.4 Å². The predicted molar refractivity (Wildman–Crippen MR) is 146 cm³/mol. The van der Waals surface area contributed by atoms with E-state index in [1.54, 1.807) is 24.3 Å². The van der Waals surface area contributed by atoms with Crippen LogP contribution >= 0.6 is 23.4 Å². The summed E-state index contributed by atoms with van der Waals surface area (Å²) in [6, 6.07) is 23.8. The quantitative estimate of drug-likeness (QED) is 0.194. The fraction of sp³-hybridized carbons (Fsp3) is 0.0714. The van der Waals surface area contributed by atoms with Crippen molar-refractivity contribution in [2.75, 3.05) is 0 Å². The largest absolute Gasteiger partial charge is 0.378 e. The molecule has 0 aromatic heterocycles. The van der Waals surface area contributed by atoms with Gasteiger partial charge in [0.25, 0.3) is 11.1 Å². The van der Waals surface area contributed by atoms with Crippen LogP contribution in [0.3, 0.4) is 0 Å². The molecule has 1 fully saturated rings. The molecular weight excluding hydrogens is 530 g/mol. The van der Waals surface area contributed by atoms with E-state index in [9.17, 15) is 18.0 Å². The van der Waals surface area contributed by atoms with Gasteiger partial charge in [-0.2, -0.15) is 8.42 Å². The van der Waals surface area contributed by atoms with E-state index in [4.69, 9.17) is 15.8 Å². The number of aryl methyl sites for hydroxylation is 1. The fourth-order valence-corrected chi connectivity index (χ4v) is 5.92. The summed E-state index contributed by atoms with van der Waals surface area (Å²) in [6.07, 6.45) is 1.52. The van der Waals surface area contributed by atoms with Crippen LogP contribution in [0.4, 0.5) is 4.79 Å². The number of amides is 2. The van der Waals surface area contributed by atoms with Gasteiger partial charge in [-0.05, 0) is 71.4 Å². The number of thioether (sulfide) groups is 1. The van der Waals surface area contributed by atoms with E-state index in [-0.39, 0.29) is 22.1 Å². The minimum atomic E-state index is -4.19. The molecule has 0 spiro atoms. The summed E-state index contributed by atoms with van der Waals surface area (Å²) in [6.45, 7) is 2.09. The van der Waals surface area contributed by atoms with Crippen LogP contribution in [-0.4, -0.2) is 24.5 Å². The zero-order valence-electron chi connectivity index (χ0n) is 19.6. The smallest absolute Gasteiger partial charge is 0.339 e. The van der Waals surface area contributed by atoms with Crippen molar-refractivity contribution in [3.63, 3.8) is 0 Å². The van der Waals surface area contributed by atoms with Crippen LogP contribution in [0, 0.1) is 6.92 Å². The molecule has 1 heterocycles. The molecule has 9 heteroatoms. The monoisotopic (exact) mass is 549 g/mol. The highest BCUT2D eigenvalue weighted by Crippen LogP contribution is 2.38. The van der Waals surface area contributed by atoms with Gasteiger partial charge in [-0.15, -0.1) is 0 Å². The normalized spacial score (nSPS) is 15.1. The molecule has 2 amide bonds. The first-order valence-corrected chi connectivity index (χ1v) is 13.8. The predicted octanol–water partition coefficient (Wildman–Crippen LogP) is 6.81. The molecule has 0 N–H and O–H groups in total. The number of carbonyl (C=O) groups excluding carboxylic acids is 2. The van der Waals surface area contributed by atoms with Crippen LogP contribution in [0.1, 0.15) is 16.7 Å². The maximum absolute atomic E-state index is 13.2. The van der Waals surface area contributed by atoms with Gasteiger partial charge in [0.15, 0.2) is 5.75 Å². The number of hydrogen-bond acceptors (Lipinski definition) is 6. The molecule has 37 heavy (non-hydrogen) atoms. The first kappa shape index (κ1) is 25.1. The Bertz CT molecular complexity index is 1680. The van der Waals surface area contributed by atoms with Crippen LogP contribution in [0.15, 0.2) is 94.7 Å². The van der Waals surface area contributed by atoms with Gasteiger partial charge in [0.05, 0.1) is 11.4 Å². The second kappa shape index (κ2) is 10.0. The van der Waals surface area contributed by atoms with Crippen molar-refractivity contribution in [3.8, 4) is 5.75 Å². The molecule has 1 aliphatic rings. The number of rotatable bonds is 6. The lowest BCUT2D eigenvalue weighted by Crippen LogP contribution is -2.27. The van der Waals surface area contributed by atoms with E-state index in [0.717, 1.165) is 28.3 Å². The van der Waals surface area contributed by atoms with E-state index in [1.807, 2.05) is 43.3 Å². The minimum absolute atomic E-state index is 0.0409. The average molecular weight is 550 g/mol. The molecule has 4 aromatic rings. The highest BCUT2D eigenvalue weighted by Gasteiger charge is 2.35. The van der Waals surface area contributed by atoms with Crippen molar-refractivity contribution >= 4 is 61.5 Å². The number of nitrogens with zero attached hydrogens (tertiary/aromatic N) is 1. The van der Waals surface area contributed by atoms with Crippen LogP contribution in [-0.2, 0) is 21.5 Å². The maximum atomic E-state index is 13.2. The molecule has 5 rings (SSSR count). The summed E-state index contributed by atoms with van der Waals surface area (Å²) >= 11 is 6.71. The van der Waals surface area contributed by atoms with Gasteiger partial charge < -0.3 is 4.18 Å². The van der Waals surface area contributed by atoms with Gasteiger partial charge in [0, 0.05) is 10.6 Å². The Kier molecular flexibility index (Phi) is 6.81. The zero-order chi connectivity index (χ0) is 26.2. The fourth-order valence-electron chi connectivity index (χ4n) is 4.03. The van der Waals surface area contributed by atoms with Crippen molar-refractivity contribution < 1.29 is 22.2 Å². The first-order chi connectivity index (χ1) is 17.7. The van der Waals surface area contributed by atoms with Gasteiger partial charge in [-0.3, -0.25) is 14.5 Å². The van der Waals surface area contributed by atoms with Gasteiger partial charge in [0.2, 0.25) is 0 Å². The molecule has 0 saturated carbocycles. The lowest BCUT2D eigenvalue weighted by atomic mass is 10.0. The molecule has 0 bridgehead atoms. The zero-order valence-corrected chi connectivity index (χ0v) is 21.9. The molecule has 6 nitrogen and oxygen atoms in total. The molecular formula is C28H20ClNO5S2.